The summed E-state index contributed by atoms with van der Waals surface area (Å²) in [4.78, 5) is 0. The molecule has 0 spiro atoms. The molecule has 1 nitrogen and oxygen atoms in total. The van der Waals surface area contributed by atoms with E-state index in [-0.39, 0.29) is 6.04 Å². The first-order valence-corrected chi connectivity index (χ1v) is 7.00. The Hall–Kier alpha value is -1.86. The molecule has 3 aromatic rings. The van der Waals surface area contributed by atoms with Gasteiger partial charge >= 0.3 is 0 Å². The lowest BCUT2D eigenvalue weighted by Gasteiger charge is -2.16. The SMILES string of the molecule is N[C@H](c1cc2ccccc2c2ccccc12)C1CC1. The van der Waals surface area contributed by atoms with Crippen LogP contribution in [0.4, 0.5) is 0 Å². The van der Waals surface area contributed by atoms with Gasteiger partial charge in [0.1, 0.15) is 0 Å². The number of nitrogens with two attached hydrogens (primary N) is 1. The fourth-order valence-corrected chi connectivity index (χ4v) is 3.07. The second-order valence-corrected chi connectivity index (χ2v) is 5.60. The molecule has 0 bridgehead atoms. The molecule has 2 N–H and O–H groups in total. The van der Waals surface area contributed by atoms with E-state index in [2.05, 4.69) is 54.6 Å². The second-order valence-electron chi connectivity index (χ2n) is 5.60. The van der Waals surface area contributed by atoms with Crippen LogP contribution in [0.3, 0.4) is 0 Å². The van der Waals surface area contributed by atoms with Crippen molar-refractivity contribution in [3.63, 3.8) is 0 Å². The van der Waals surface area contributed by atoms with Crippen molar-refractivity contribution in [1.29, 1.82) is 0 Å². The molecule has 1 atom stereocenters. The van der Waals surface area contributed by atoms with E-state index in [1.165, 1.54) is 39.9 Å². The number of hydrogen-bond acceptors (Lipinski definition) is 1. The summed E-state index contributed by atoms with van der Waals surface area (Å²) in [6.45, 7) is 0. The highest BCUT2D eigenvalue weighted by molar-refractivity contribution is 6.09. The molecule has 0 heterocycles. The van der Waals surface area contributed by atoms with Gasteiger partial charge in [-0.15, -0.1) is 0 Å². The van der Waals surface area contributed by atoms with Crippen molar-refractivity contribution in [2.45, 2.75) is 18.9 Å². The number of fused-ring (bicyclic) bond motifs is 3. The van der Waals surface area contributed by atoms with E-state index in [9.17, 15) is 0 Å². The van der Waals surface area contributed by atoms with Gasteiger partial charge in [0.15, 0.2) is 0 Å². The van der Waals surface area contributed by atoms with E-state index in [1.54, 1.807) is 0 Å². The minimum Gasteiger partial charge on any atom is -0.324 e. The molecule has 19 heavy (non-hydrogen) atoms. The molecule has 0 aromatic heterocycles. The average molecular weight is 247 g/mol. The predicted molar refractivity (Wildman–Crippen MR) is 81.1 cm³/mol. The molecule has 0 unspecified atom stereocenters. The van der Waals surface area contributed by atoms with Crippen LogP contribution in [0.2, 0.25) is 0 Å². The maximum atomic E-state index is 6.46. The third-order valence-electron chi connectivity index (χ3n) is 4.29. The first-order valence-electron chi connectivity index (χ1n) is 7.00. The van der Waals surface area contributed by atoms with Crippen molar-refractivity contribution in [1.82, 2.24) is 0 Å². The second kappa shape index (κ2) is 4.07. The molecule has 4 rings (SSSR count). The molecule has 0 saturated heterocycles. The highest BCUT2D eigenvalue weighted by Gasteiger charge is 2.30. The first kappa shape index (κ1) is 11.0. The Morgan fingerprint density at radius 3 is 2.21 bits per heavy atom. The Kier molecular flexibility index (Phi) is 2.36. The van der Waals surface area contributed by atoms with Crippen LogP contribution in [-0.4, -0.2) is 0 Å². The fourth-order valence-electron chi connectivity index (χ4n) is 3.07. The van der Waals surface area contributed by atoms with E-state index in [1.807, 2.05) is 0 Å². The molecular weight excluding hydrogens is 230 g/mol. The van der Waals surface area contributed by atoms with Gasteiger partial charge in [-0.25, -0.2) is 0 Å². The number of rotatable bonds is 2. The molecule has 0 aliphatic heterocycles. The maximum Gasteiger partial charge on any atom is 0.0329 e. The van der Waals surface area contributed by atoms with Crippen LogP contribution < -0.4 is 5.73 Å². The van der Waals surface area contributed by atoms with Crippen LogP contribution in [0.5, 0.6) is 0 Å². The number of benzene rings is 3. The Labute approximate surface area is 113 Å². The van der Waals surface area contributed by atoms with Crippen LogP contribution in [0.15, 0.2) is 54.6 Å². The van der Waals surface area contributed by atoms with Crippen LogP contribution in [0.25, 0.3) is 21.5 Å². The molecule has 1 aliphatic rings. The highest BCUT2D eigenvalue weighted by Crippen LogP contribution is 2.42. The van der Waals surface area contributed by atoms with E-state index in [0.717, 1.165) is 0 Å². The van der Waals surface area contributed by atoms with E-state index >= 15 is 0 Å². The summed E-state index contributed by atoms with van der Waals surface area (Å²) >= 11 is 0. The van der Waals surface area contributed by atoms with Gasteiger partial charge in [-0.05, 0) is 51.9 Å². The van der Waals surface area contributed by atoms with Crippen molar-refractivity contribution in [3.8, 4) is 0 Å². The lowest BCUT2D eigenvalue weighted by Crippen LogP contribution is -2.12. The largest absolute Gasteiger partial charge is 0.324 e. The third kappa shape index (κ3) is 1.73. The van der Waals surface area contributed by atoms with Gasteiger partial charge in [0.05, 0.1) is 0 Å². The van der Waals surface area contributed by atoms with Gasteiger partial charge in [0.2, 0.25) is 0 Å². The van der Waals surface area contributed by atoms with Crippen molar-refractivity contribution < 1.29 is 0 Å². The van der Waals surface area contributed by atoms with Gasteiger partial charge < -0.3 is 5.73 Å². The zero-order chi connectivity index (χ0) is 12.8. The Morgan fingerprint density at radius 1 is 0.842 bits per heavy atom. The Balaban J connectivity index is 2.09. The Bertz CT molecular complexity index is 756. The van der Waals surface area contributed by atoms with Gasteiger partial charge in [-0.1, -0.05) is 48.5 Å². The molecular formula is C18H17N. The highest BCUT2D eigenvalue weighted by atomic mass is 14.7. The summed E-state index contributed by atoms with van der Waals surface area (Å²) in [5.74, 6) is 0.685. The minimum absolute atomic E-state index is 0.189. The zero-order valence-electron chi connectivity index (χ0n) is 10.8. The minimum atomic E-state index is 0.189. The van der Waals surface area contributed by atoms with E-state index in [4.69, 9.17) is 5.73 Å². The predicted octanol–water partition coefficient (Wildman–Crippen LogP) is 4.40. The van der Waals surface area contributed by atoms with Gasteiger partial charge in [-0.3, -0.25) is 0 Å². The molecule has 1 aliphatic carbocycles. The monoisotopic (exact) mass is 247 g/mol. The van der Waals surface area contributed by atoms with E-state index < -0.39 is 0 Å². The van der Waals surface area contributed by atoms with Crippen molar-refractivity contribution in [2.75, 3.05) is 0 Å². The molecule has 3 aromatic carbocycles. The summed E-state index contributed by atoms with van der Waals surface area (Å²) in [6.07, 6.45) is 2.56. The normalized spacial score (nSPS) is 16.9. The molecule has 0 amide bonds. The van der Waals surface area contributed by atoms with Crippen LogP contribution in [-0.2, 0) is 0 Å². The van der Waals surface area contributed by atoms with Crippen LogP contribution >= 0.6 is 0 Å². The summed E-state index contributed by atoms with van der Waals surface area (Å²) in [5.41, 5.74) is 7.77. The lowest BCUT2D eigenvalue weighted by atomic mass is 9.92. The maximum absolute atomic E-state index is 6.46. The van der Waals surface area contributed by atoms with Crippen LogP contribution in [0, 0.1) is 5.92 Å². The zero-order valence-corrected chi connectivity index (χ0v) is 10.8. The summed E-state index contributed by atoms with van der Waals surface area (Å²) in [7, 11) is 0. The lowest BCUT2D eigenvalue weighted by molar-refractivity contribution is 0.639. The van der Waals surface area contributed by atoms with Crippen molar-refractivity contribution >= 4 is 21.5 Å². The van der Waals surface area contributed by atoms with Gasteiger partial charge in [0.25, 0.3) is 0 Å². The smallest absolute Gasteiger partial charge is 0.0329 e. The quantitative estimate of drug-likeness (QED) is 0.667. The number of hydrogen-bond donors (Lipinski definition) is 1. The molecule has 94 valence electrons. The molecule has 1 fully saturated rings. The summed E-state index contributed by atoms with van der Waals surface area (Å²) in [6, 6.07) is 19.7. The third-order valence-corrected chi connectivity index (χ3v) is 4.29. The van der Waals surface area contributed by atoms with Crippen LogP contribution in [0.1, 0.15) is 24.4 Å². The van der Waals surface area contributed by atoms with E-state index in [0.29, 0.717) is 5.92 Å². The molecule has 1 heteroatoms. The van der Waals surface area contributed by atoms with Gasteiger partial charge in [-0.2, -0.15) is 0 Å². The Morgan fingerprint density at radius 2 is 1.47 bits per heavy atom. The first-order chi connectivity index (χ1) is 9.34. The molecule has 1 saturated carbocycles. The van der Waals surface area contributed by atoms with Crippen molar-refractivity contribution in [3.05, 3.63) is 60.2 Å². The summed E-state index contributed by atoms with van der Waals surface area (Å²) < 4.78 is 0. The van der Waals surface area contributed by atoms with Crippen molar-refractivity contribution in [2.24, 2.45) is 11.7 Å². The average Bonchev–Trinajstić information content (AvgIpc) is 3.30. The van der Waals surface area contributed by atoms with Gasteiger partial charge in [0, 0.05) is 6.04 Å². The standard InChI is InChI=1S/C18H17N/c19-18(12-9-10-12)17-11-13-5-1-2-6-14(13)15-7-3-4-8-16(15)17/h1-8,11-12,18H,9-10,19H2/t18-/m0/s1. The molecule has 0 radical (unpaired) electrons. The fraction of sp³-hybridized carbons (Fsp3) is 0.222. The topological polar surface area (TPSA) is 26.0 Å². The summed E-state index contributed by atoms with van der Waals surface area (Å²) in [5, 5.41) is 5.27.